The Bertz CT molecular complexity index is 327. The summed E-state index contributed by atoms with van der Waals surface area (Å²) in [4.78, 5) is 12.4. The molecule has 0 radical (unpaired) electrons. The molecule has 1 aromatic heterocycles. The highest BCUT2D eigenvalue weighted by atomic mass is 35.5. The maximum Gasteiger partial charge on any atom is 0.229 e. The van der Waals surface area contributed by atoms with Crippen molar-refractivity contribution in [1.82, 2.24) is 15.0 Å². The lowest BCUT2D eigenvalue weighted by Crippen LogP contribution is -2.19. The van der Waals surface area contributed by atoms with Crippen LogP contribution in [0.5, 0.6) is 0 Å². The molecule has 0 spiro atoms. The Morgan fingerprint density at radius 3 is 1.71 bits per heavy atom. The molecule has 1 rings (SSSR count). The Kier molecular flexibility index (Phi) is 5.41. The molecule has 0 unspecified atom stereocenters. The fraction of sp³-hybridized carbons (Fsp3) is 0.727. The van der Waals surface area contributed by atoms with Crippen LogP contribution in [-0.4, -0.2) is 27.0 Å². The highest BCUT2D eigenvalue weighted by Gasteiger charge is 2.08. The van der Waals surface area contributed by atoms with Gasteiger partial charge in [0.15, 0.2) is 0 Å². The average Bonchev–Trinajstić information content (AvgIpc) is 2.27. The molecule has 0 aliphatic rings. The Morgan fingerprint density at radius 1 is 0.941 bits per heavy atom. The van der Waals surface area contributed by atoms with Crippen molar-refractivity contribution in [2.24, 2.45) is 0 Å². The van der Waals surface area contributed by atoms with Crippen LogP contribution in [0.25, 0.3) is 0 Å². The first-order valence-corrected chi connectivity index (χ1v) is 6.37. The number of nitrogens with zero attached hydrogens (tertiary/aromatic N) is 3. The fourth-order valence-corrected chi connectivity index (χ4v) is 1.28. The summed E-state index contributed by atoms with van der Waals surface area (Å²) in [5, 5.41) is 6.56. The van der Waals surface area contributed by atoms with E-state index in [1.54, 1.807) is 0 Å². The molecule has 0 aromatic carbocycles. The van der Waals surface area contributed by atoms with Crippen molar-refractivity contribution in [2.45, 2.75) is 52.6 Å². The molecule has 5 nitrogen and oxygen atoms in total. The highest BCUT2D eigenvalue weighted by Crippen LogP contribution is 2.12. The van der Waals surface area contributed by atoms with Crippen LogP contribution in [0.1, 0.15) is 40.5 Å². The number of anilines is 2. The van der Waals surface area contributed by atoms with E-state index in [0.29, 0.717) is 24.0 Å². The van der Waals surface area contributed by atoms with Gasteiger partial charge in [-0.3, -0.25) is 0 Å². The third-order valence-corrected chi connectivity index (χ3v) is 2.75. The third-order valence-electron chi connectivity index (χ3n) is 2.58. The molecule has 0 amide bonds. The zero-order valence-electron chi connectivity index (χ0n) is 10.8. The normalized spacial score (nSPS) is 14.2. The van der Waals surface area contributed by atoms with E-state index in [0.717, 1.165) is 12.8 Å². The highest BCUT2D eigenvalue weighted by molar-refractivity contribution is 6.28. The standard InChI is InChI=1S/C11H20ClN5/c1-5-7(3)13-10-15-9(12)16-11(17-10)14-8(4)6-2/h7-8H,5-6H2,1-4H3,(H2,13,14,15,16,17)/t7-,8-/m0/s1. The summed E-state index contributed by atoms with van der Waals surface area (Å²) in [5.74, 6) is 1.04. The Morgan fingerprint density at radius 2 is 1.35 bits per heavy atom. The van der Waals surface area contributed by atoms with Gasteiger partial charge < -0.3 is 10.6 Å². The van der Waals surface area contributed by atoms with Crippen LogP contribution in [0.15, 0.2) is 0 Å². The van der Waals surface area contributed by atoms with E-state index in [1.165, 1.54) is 0 Å². The van der Waals surface area contributed by atoms with Crippen molar-refractivity contribution in [2.75, 3.05) is 10.6 Å². The average molecular weight is 258 g/mol. The lowest BCUT2D eigenvalue weighted by Gasteiger charge is -2.14. The van der Waals surface area contributed by atoms with Crippen molar-refractivity contribution in [1.29, 1.82) is 0 Å². The topological polar surface area (TPSA) is 62.7 Å². The molecular formula is C11H20ClN5. The largest absolute Gasteiger partial charge is 0.352 e. The van der Waals surface area contributed by atoms with Crippen LogP contribution in [-0.2, 0) is 0 Å². The maximum atomic E-state index is 5.86. The summed E-state index contributed by atoms with van der Waals surface area (Å²) in [6.45, 7) is 8.33. The van der Waals surface area contributed by atoms with Gasteiger partial charge in [-0.1, -0.05) is 13.8 Å². The van der Waals surface area contributed by atoms with E-state index in [4.69, 9.17) is 11.6 Å². The van der Waals surface area contributed by atoms with Crippen molar-refractivity contribution in [3.05, 3.63) is 5.28 Å². The lowest BCUT2D eigenvalue weighted by molar-refractivity contribution is 0.738. The molecule has 6 heteroatoms. The fourth-order valence-electron chi connectivity index (χ4n) is 1.12. The number of hydrogen-bond donors (Lipinski definition) is 2. The van der Waals surface area contributed by atoms with Crippen molar-refractivity contribution in [3.8, 4) is 0 Å². The van der Waals surface area contributed by atoms with Gasteiger partial charge in [0.05, 0.1) is 0 Å². The zero-order chi connectivity index (χ0) is 12.8. The Hall–Kier alpha value is -1.10. The smallest absolute Gasteiger partial charge is 0.229 e. The van der Waals surface area contributed by atoms with Gasteiger partial charge in [0.2, 0.25) is 17.2 Å². The molecule has 0 aliphatic heterocycles. The second kappa shape index (κ2) is 6.59. The van der Waals surface area contributed by atoms with Crippen LogP contribution < -0.4 is 10.6 Å². The molecule has 96 valence electrons. The second-order valence-electron chi connectivity index (χ2n) is 4.16. The molecule has 0 aliphatic carbocycles. The minimum absolute atomic E-state index is 0.205. The molecule has 0 saturated carbocycles. The maximum absolute atomic E-state index is 5.86. The van der Waals surface area contributed by atoms with Gasteiger partial charge in [0.25, 0.3) is 0 Å². The Balaban J connectivity index is 2.79. The predicted octanol–water partition coefficient (Wildman–Crippen LogP) is 2.95. The van der Waals surface area contributed by atoms with Gasteiger partial charge in [0, 0.05) is 12.1 Å². The van der Waals surface area contributed by atoms with E-state index in [-0.39, 0.29) is 5.28 Å². The number of halogens is 1. The summed E-state index contributed by atoms with van der Waals surface area (Å²) in [6.07, 6.45) is 1.99. The predicted molar refractivity (Wildman–Crippen MR) is 71.6 cm³/mol. The molecule has 1 heterocycles. The van der Waals surface area contributed by atoms with Gasteiger partial charge in [-0.15, -0.1) is 0 Å². The number of hydrogen-bond acceptors (Lipinski definition) is 5. The van der Waals surface area contributed by atoms with Crippen LogP contribution in [0.4, 0.5) is 11.9 Å². The van der Waals surface area contributed by atoms with Crippen LogP contribution in [0, 0.1) is 0 Å². The molecular weight excluding hydrogens is 238 g/mol. The van der Waals surface area contributed by atoms with Gasteiger partial charge in [0.1, 0.15) is 0 Å². The van der Waals surface area contributed by atoms with Crippen molar-refractivity contribution in [3.63, 3.8) is 0 Å². The van der Waals surface area contributed by atoms with E-state index in [2.05, 4.69) is 53.3 Å². The van der Waals surface area contributed by atoms with Crippen molar-refractivity contribution < 1.29 is 0 Å². The van der Waals surface area contributed by atoms with E-state index in [9.17, 15) is 0 Å². The third kappa shape index (κ3) is 4.73. The monoisotopic (exact) mass is 257 g/mol. The van der Waals surface area contributed by atoms with Crippen LogP contribution >= 0.6 is 11.6 Å². The second-order valence-corrected chi connectivity index (χ2v) is 4.50. The number of aromatic nitrogens is 3. The van der Waals surface area contributed by atoms with Gasteiger partial charge in [-0.05, 0) is 38.3 Å². The van der Waals surface area contributed by atoms with Crippen LogP contribution in [0.2, 0.25) is 5.28 Å². The SMILES string of the molecule is CC[C@H](C)Nc1nc(Cl)nc(N[C@@H](C)CC)n1. The molecule has 0 saturated heterocycles. The minimum Gasteiger partial charge on any atom is -0.352 e. The number of rotatable bonds is 6. The first-order chi connectivity index (χ1) is 8.05. The van der Waals surface area contributed by atoms with E-state index < -0.39 is 0 Å². The molecule has 2 atom stereocenters. The first kappa shape index (κ1) is 14.0. The summed E-state index contributed by atoms with van der Waals surface area (Å²) in [6, 6.07) is 0.620. The summed E-state index contributed by atoms with van der Waals surface area (Å²) in [7, 11) is 0. The van der Waals surface area contributed by atoms with Crippen LogP contribution in [0.3, 0.4) is 0 Å². The molecule has 1 aromatic rings. The summed E-state index contributed by atoms with van der Waals surface area (Å²) in [5.41, 5.74) is 0. The lowest BCUT2D eigenvalue weighted by atomic mass is 10.3. The number of nitrogens with one attached hydrogen (secondary N) is 2. The van der Waals surface area contributed by atoms with Gasteiger partial charge >= 0.3 is 0 Å². The van der Waals surface area contributed by atoms with Gasteiger partial charge in [-0.25, -0.2) is 0 Å². The molecule has 0 fully saturated rings. The zero-order valence-corrected chi connectivity index (χ0v) is 11.5. The molecule has 17 heavy (non-hydrogen) atoms. The minimum atomic E-state index is 0.205. The van der Waals surface area contributed by atoms with Gasteiger partial charge in [-0.2, -0.15) is 15.0 Å². The summed E-state index contributed by atoms with van der Waals surface area (Å²) >= 11 is 5.86. The molecule has 2 N–H and O–H groups in total. The van der Waals surface area contributed by atoms with E-state index in [1.807, 2.05) is 0 Å². The summed E-state index contributed by atoms with van der Waals surface area (Å²) < 4.78 is 0. The quantitative estimate of drug-likeness (QED) is 0.820. The molecule has 0 bridgehead atoms. The van der Waals surface area contributed by atoms with E-state index >= 15 is 0 Å². The Labute approximate surface area is 107 Å². The first-order valence-electron chi connectivity index (χ1n) is 5.99. The van der Waals surface area contributed by atoms with Crippen molar-refractivity contribution >= 4 is 23.5 Å².